The quantitative estimate of drug-likeness (QED) is 0.0277. The normalized spacial score (nSPS) is 27.4. The molecule has 0 aromatic rings. The van der Waals surface area contributed by atoms with E-state index in [1.54, 1.807) is 0 Å². The van der Waals surface area contributed by atoms with Crippen LogP contribution in [0.4, 0.5) is 0 Å². The van der Waals surface area contributed by atoms with Crippen LogP contribution in [0.5, 0.6) is 0 Å². The molecule has 4 fully saturated rings. The van der Waals surface area contributed by atoms with Gasteiger partial charge in [0.25, 0.3) is 0 Å². The summed E-state index contributed by atoms with van der Waals surface area (Å²) in [7, 11) is 0. The summed E-state index contributed by atoms with van der Waals surface area (Å²) in [5.74, 6) is -4.04. The minimum atomic E-state index is -1.47. The highest BCUT2D eigenvalue weighted by molar-refractivity contribution is 5.90. The van der Waals surface area contributed by atoms with Crippen LogP contribution in [0.25, 0.3) is 0 Å². The molecule has 0 radical (unpaired) electrons. The lowest BCUT2D eigenvalue weighted by Crippen LogP contribution is -2.64. The van der Waals surface area contributed by atoms with Gasteiger partial charge in [0, 0.05) is 98.9 Å². The van der Waals surface area contributed by atoms with Gasteiger partial charge in [-0.3, -0.25) is 43.2 Å². The van der Waals surface area contributed by atoms with E-state index in [0.29, 0.717) is 103 Å². The van der Waals surface area contributed by atoms with E-state index >= 15 is 0 Å². The number of amides is 9. The molecule has 630 valence electrons. The molecule has 9 amide bonds. The molecule has 19 N–H and O–H groups in total. The Balaban J connectivity index is 1.30. The molecule has 4 aliphatic heterocycles. The van der Waals surface area contributed by atoms with Gasteiger partial charge in [-0.1, -0.05) is 77.0 Å². The predicted molar refractivity (Wildman–Crippen MR) is 390 cm³/mol. The van der Waals surface area contributed by atoms with Crippen molar-refractivity contribution in [1.29, 1.82) is 0 Å². The third-order valence-electron chi connectivity index (χ3n) is 19.3. The van der Waals surface area contributed by atoms with E-state index in [1.165, 1.54) is 20.8 Å². The number of carbonyl (C=O) groups is 9. The Hall–Kier alpha value is -5.49. The van der Waals surface area contributed by atoms with Crippen molar-refractivity contribution < 1.29 is 132 Å². The summed E-state index contributed by atoms with van der Waals surface area (Å²) in [6.07, 6.45) is -2.65. The van der Waals surface area contributed by atoms with E-state index in [1.807, 2.05) is 13.8 Å². The van der Waals surface area contributed by atoms with Crippen molar-refractivity contribution in [2.24, 2.45) is 0 Å². The summed E-state index contributed by atoms with van der Waals surface area (Å²) in [6, 6.07) is -5.61. The summed E-state index contributed by atoms with van der Waals surface area (Å²) in [4.78, 5) is 117. The average Bonchev–Trinajstić information content (AvgIpc) is 1.33. The lowest BCUT2D eigenvalue weighted by Gasteiger charge is -2.42. The topological polar surface area (TPSA) is 538 Å². The van der Waals surface area contributed by atoms with Gasteiger partial charge in [0.2, 0.25) is 53.2 Å². The molecule has 0 spiro atoms. The molecule has 0 aliphatic carbocycles. The average molecular weight is 1570 g/mol. The second-order valence-corrected chi connectivity index (χ2v) is 29.0. The van der Waals surface area contributed by atoms with E-state index in [0.717, 1.165) is 44.9 Å². The summed E-state index contributed by atoms with van der Waals surface area (Å²) in [5, 5.41) is 126. The van der Waals surface area contributed by atoms with Gasteiger partial charge in [0.05, 0.1) is 44.7 Å². The highest BCUT2D eigenvalue weighted by atomic mass is 16.7. The van der Waals surface area contributed by atoms with Gasteiger partial charge in [0.15, 0.2) is 18.9 Å². The second kappa shape index (κ2) is 54.3. The Bertz CT molecular complexity index is 2650. The number of unbranched alkanes of at least 4 members (excludes halogenated alkanes) is 16. The summed E-state index contributed by atoms with van der Waals surface area (Å²) in [5.41, 5.74) is 0. The Kier molecular flexibility index (Phi) is 47.7. The Morgan fingerprint density at radius 3 is 1.06 bits per heavy atom. The molecular weight excluding hydrogens is 1430 g/mol. The molecule has 4 aliphatic rings. The summed E-state index contributed by atoms with van der Waals surface area (Å²) in [6.45, 7) is 7.08. The largest absolute Gasteiger partial charge is 0.394 e. The molecule has 109 heavy (non-hydrogen) atoms. The van der Waals surface area contributed by atoms with E-state index in [9.17, 15) is 94.2 Å². The van der Waals surface area contributed by atoms with E-state index in [2.05, 4.69) is 47.9 Å². The van der Waals surface area contributed by atoms with Gasteiger partial charge in [-0.2, -0.15) is 0 Å². The van der Waals surface area contributed by atoms with Crippen LogP contribution in [0.2, 0.25) is 0 Å². The standard InChI is InChI=1S/C73H131N9O27/c1-44(2)105-51-38-48(106-52(51)40-83)39-77-56(90)26-18-10-8-6-7-9-11-19-27-58(92)81-50(70(101)76-34-22-14-17-25-37-104-73-62(80-47(5)89)68(99)65(96)55(43-86)109-73)29-31-59(93)82-49(69(100)75-33-21-13-16-24-36-103-72-61(79-46(4)88)67(98)64(95)54(42-85)108-72)28-30-57(91)74-32-20-12-15-23-35-102-71-60(78-45(3)87)66(97)63(94)53(41-84)107-71/h44,48-55,60-68,71-73,83-86,94-99H,6-43H2,1-5H3,(H,74,91)(H,75,100)(H,76,101)(H,77,90)(H,78,87)(H,79,88)(H,80,89)(H,81,92)(H,82,93)/t48-,49?,50?,51-,52+,53?,54?,55+,60?,61?,62?,63?,64?,65?,66?,67?,68?,71?,72?,73?/m0/s1. The summed E-state index contributed by atoms with van der Waals surface area (Å²) >= 11 is 0. The highest BCUT2D eigenvalue weighted by Gasteiger charge is 2.48. The van der Waals surface area contributed by atoms with Gasteiger partial charge in [0.1, 0.15) is 91.2 Å². The first-order chi connectivity index (χ1) is 52.2. The fourth-order valence-corrected chi connectivity index (χ4v) is 13.3. The van der Waals surface area contributed by atoms with Crippen molar-refractivity contribution >= 4 is 53.2 Å². The van der Waals surface area contributed by atoms with Crippen molar-refractivity contribution in [2.45, 2.75) is 336 Å². The molecule has 20 atom stereocenters. The van der Waals surface area contributed by atoms with Crippen LogP contribution in [-0.4, -0.2) is 305 Å². The van der Waals surface area contributed by atoms with Crippen LogP contribution < -0.4 is 47.9 Å². The van der Waals surface area contributed by atoms with E-state index in [4.69, 9.17) is 37.9 Å². The third kappa shape index (κ3) is 36.9. The molecule has 16 unspecified atom stereocenters. The number of aliphatic hydroxyl groups excluding tert-OH is 10. The van der Waals surface area contributed by atoms with Crippen molar-refractivity contribution in [2.75, 3.05) is 72.4 Å². The zero-order valence-electron chi connectivity index (χ0n) is 64.4. The zero-order valence-corrected chi connectivity index (χ0v) is 64.4. The van der Waals surface area contributed by atoms with Crippen LogP contribution in [-0.2, 0) is 81.0 Å². The van der Waals surface area contributed by atoms with Crippen LogP contribution in [0, 0.1) is 0 Å². The fourth-order valence-electron chi connectivity index (χ4n) is 13.3. The number of carbonyl (C=O) groups excluding carboxylic acids is 9. The number of rotatable bonds is 56. The Morgan fingerprint density at radius 2 is 0.697 bits per heavy atom. The smallest absolute Gasteiger partial charge is 0.242 e. The SMILES string of the molecule is CC(=O)NC1C(OCCCCCCNC(=O)CCC(NC(=O)CCC(NC(=O)CCCCCCCCCCC(=O)NC[C@@H]2C[C@H](OC(C)C)[C@@H](CO)O2)C(=O)NCCCCCCOC2O[C@H](CO)C(O)C(O)C2NC(C)=O)C(=O)NCCCCCCOC2OC(CO)C(O)C(O)C2NC(C)=O)OC(CO)C(O)C1O. The number of hydrogen-bond donors (Lipinski definition) is 19. The van der Waals surface area contributed by atoms with Crippen molar-refractivity contribution in [3.8, 4) is 0 Å². The summed E-state index contributed by atoms with van der Waals surface area (Å²) < 4.78 is 46.0. The minimum Gasteiger partial charge on any atom is -0.394 e. The molecule has 36 nitrogen and oxygen atoms in total. The monoisotopic (exact) mass is 1570 g/mol. The van der Waals surface area contributed by atoms with Crippen molar-refractivity contribution in [1.82, 2.24) is 47.9 Å². The molecule has 36 heteroatoms. The van der Waals surface area contributed by atoms with Crippen molar-refractivity contribution in [3.05, 3.63) is 0 Å². The maximum Gasteiger partial charge on any atom is 0.242 e. The molecule has 4 saturated heterocycles. The zero-order chi connectivity index (χ0) is 80.2. The van der Waals surface area contributed by atoms with Gasteiger partial charge in [-0.15, -0.1) is 0 Å². The molecule has 0 saturated carbocycles. The lowest BCUT2D eigenvalue weighted by molar-refractivity contribution is -0.270. The number of aliphatic hydroxyl groups is 10. The number of nitrogens with one attached hydrogen (secondary N) is 9. The second-order valence-electron chi connectivity index (χ2n) is 29.0. The lowest BCUT2D eigenvalue weighted by atomic mass is 9.97. The first kappa shape index (κ1) is 95.9. The molecule has 0 bridgehead atoms. The number of hydrogen-bond acceptors (Lipinski definition) is 27. The highest BCUT2D eigenvalue weighted by Crippen LogP contribution is 2.28. The van der Waals surface area contributed by atoms with Gasteiger partial charge < -0.3 is 137 Å². The van der Waals surface area contributed by atoms with Crippen LogP contribution in [0.15, 0.2) is 0 Å². The Morgan fingerprint density at radius 1 is 0.376 bits per heavy atom. The van der Waals surface area contributed by atoms with Crippen LogP contribution in [0.1, 0.15) is 208 Å². The van der Waals surface area contributed by atoms with Gasteiger partial charge in [-0.25, -0.2) is 0 Å². The van der Waals surface area contributed by atoms with Gasteiger partial charge >= 0.3 is 0 Å². The molecule has 0 aromatic carbocycles. The third-order valence-corrected chi connectivity index (χ3v) is 19.3. The Labute approximate surface area is 639 Å². The maximum absolute atomic E-state index is 13.9. The molecule has 0 aromatic heterocycles. The predicted octanol–water partition coefficient (Wildman–Crippen LogP) is -2.61. The first-order valence-electron chi connectivity index (χ1n) is 39.3. The molecule has 4 heterocycles. The molecule has 4 rings (SSSR count). The fraction of sp³-hybridized carbons (Fsp3) is 0.877. The minimum absolute atomic E-state index is 0.00987. The maximum atomic E-state index is 13.9. The van der Waals surface area contributed by atoms with E-state index in [-0.39, 0.29) is 108 Å². The van der Waals surface area contributed by atoms with Gasteiger partial charge in [-0.05, 0) is 78.1 Å². The first-order valence-corrected chi connectivity index (χ1v) is 39.3. The number of ether oxygens (including phenoxy) is 8. The molecular formula is C73H131N9O27. The van der Waals surface area contributed by atoms with E-state index < -0.39 is 171 Å². The van der Waals surface area contributed by atoms with Crippen LogP contribution in [0.3, 0.4) is 0 Å². The van der Waals surface area contributed by atoms with Crippen LogP contribution >= 0.6 is 0 Å². The van der Waals surface area contributed by atoms with Crippen molar-refractivity contribution in [3.63, 3.8) is 0 Å².